The van der Waals surface area contributed by atoms with Crippen molar-refractivity contribution in [1.29, 1.82) is 5.41 Å². The van der Waals surface area contributed by atoms with E-state index >= 15 is 0 Å². The van der Waals surface area contributed by atoms with Crippen molar-refractivity contribution in [2.24, 2.45) is 0 Å². The molecule has 0 heterocycles. The van der Waals surface area contributed by atoms with Gasteiger partial charge in [-0.05, 0) is 29.5 Å². The minimum Gasteiger partial charge on any atom is -0.308 e. The van der Waals surface area contributed by atoms with Crippen LogP contribution in [0.3, 0.4) is 0 Å². The molecule has 0 radical (unpaired) electrons. The molecule has 1 rings (SSSR count). The molecule has 0 saturated heterocycles. The summed E-state index contributed by atoms with van der Waals surface area (Å²) in [7, 11) is 0. The van der Waals surface area contributed by atoms with Crippen LogP contribution in [-0.4, -0.2) is 6.21 Å². The van der Waals surface area contributed by atoms with Crippen molar-refractivity contribution in [2.45, 2.75) is 26.7 Å². The summed E-state index contributed by atoms with van der Waals surface area (Å²) in [5.74, 6) is 0. The van der Waals surface area contributed by atoms with Crippen LogP contribution in [0.2, 0.25) is 0 Å². The molecule has 12 heavy (non-hydrogen) atoms. The lowest BCUT2D eigenvalue weighted by atomic mass is 9.98. The predicted molar refractivity (Wildman–Crippen MR) is 53.1 cm³/mol. The van der Waals surface area contributed by atoms with Gasteiger partial charge >= 0.3 is 0 Å². The highest BCUT2D eigenvalue weighted by atomic mass is 14.3. The van der Waals surface area contributed by atoms with E-state index in [1.54, 1.807) is 0 Å². The smallest absolute Gasteiger partial charge is 0.0253 e. The predicted octanol–water partition coefficient (Wildman–Crippen LogP) is 2.81. The molecule has 0 spiro atoms. The number of hydrogen-bond donors (Lipinski definition) is 1. The second kappa shape index (κ2) is 4.05. The lowest BCUT2D eigenvalue weighted by Crippen LogP contribution is -1.96. The van der Waals surface area contributed by atoms with Gasteiger partial charge in [-0.2, -0.15) is 0 Å². The van der Waals surface area contributed by atoms with E-state index in [0.29, 0.717) is 0 Å². The van der Waals surface area contributed by atoms with E-state index in [-0.39, 0.29) is 0 Å². The summed E-state index contributed by atoms with van der Waals surface area (Å²) >= 11 is 0. The second-order valence-corrected chi connectivity index (χ2v) is 2.84. The van der Waals surface area contributed by atoms with Gasteiger partial charge in [-0.25, -0.2) is 0 Å². The third-order valence-electron chi connectivity index (χ3n) is 2.20. The Balaban J connectivity index is 3.21. The minimum absolute atomic E-state index is 1.02. The normalized spacial score (nSPS) is 9.83. The summed E-state index contributed by atoms with van der Waals surface area (Å²) in [6.45, 7) is 4.30. The molecular weight excluding hydrogens is 146 g/mol. The van der Waals surface area contributed by atoms with Gasteiger partial charge < -0.3 is 5.41 Å². The van der Waals surface area contributed by atoms with E-state index in [9.17, 15) is 0 Å². The highest BCUT2D eigenvalue weighted by Gasteiger charge is 2.01. The SMILES string of the molecule is CCc1cccc(C=N)c1CC. The lowest BCUT2D eigenvalue weighted by molar-refractivity contribution is 1.03. The van der Waals surface area contributed by atoms with Crippen molar-refractivity contribution in [1.82, 2.24) is 0 Å². The fourth-order valence-electron chi connectivity index (χ4n) is 1.55. The Hall–Kier alpha value is -1.11. The average Bonchev–Trinajstić information content (AvgIpc) is 2.16. The molecule has 0 amide bonds. The van der Waals surface area contributed by atoms with Crippen LogP contribution in [0.5, 0.6) is 0 Å². The average molecular weight is 161 g/mol. The third-order valence-corrected chi connectivity index (χ3v) is 2.20. The van der Waals surface area contributed by atoms with Crippen molar-refractivity contribution >= 4 is 6.21 Å². The van der Waals surface area contributed by atoms with Gasteiger partial charge in [0.2, 0.25) is 0 Å². The van der Waals surface area contributed by atoms with Crippen LogP contribution in [0, 0.1) is 5.41 Å². The first-order chi connectivity index (χ1) is 5.83. The largest absolute Gasteiger partial charge is 0.308 e. The lowest BCUT2D eigenvalue weighted by Gasteiger charge is -2.07. The van der Waals surface area contributed by atoms with Crippen LogP contribution >= 0.6 is 0 Å². The van der Waals surface area contributed by atoms with Crippen molar-refractivity contribution in [3.05, 3.63) is 34.9 Å². The zero-order chi connectivity index (χ0) is 8.97. The van der Waals surface area contributed by atoms with Gasteiger partial charge in [0.25, 0.3) is 0 Å². The molecule has 1 aromatic rings. The molecular formula is C11H15N. The Morgan fingerprint density at radius 1 is 1.25 bits per heavy atom. The Kier molecular flexibility index (Phi) is 3.03. The molecule has 1 heteroatoms. The summed E-state index contributed by atoms with van der Waals surface area (Å²) < 4.78 is 0. The zero-order valence-corrected chi connectivity index (χ0v) is 7.72. The molecule has 1 aromatic carbocycles. The molecule has 1 nitrogen and oxygen atoms in total. The molecule has 1 N–H and O–H groups in total. The number of rotatable bonds is 3. The first kappa shape index (κ1) is 8.98. The van der Waals surface area contributed by atoms with Gasteiger partial charge in [0.1, 0.15) is 0 Å². The summed E-state index contributed by atoms with van der Waals surface area (Å²) in [5, 5.41) is 7.23. The van der Waals surface area contributed by atoms with Crippen LogP contribution < -0.4 is 0 Å². The fraction of sp³-hybridized carbons (Fsp3) is 0.364. The van der Waals surface area contributed by atoms with Gasteiger partial charge in [-0.15, -0.1) is 0 Å². The zero-order valence-electron chi connectivity index (χ0n) is 7.72. The van der Waals surface area contributed by atoms with Gasteiger partial charge in [0, 0.05) is 6.21 Å². The number of benzene rings is 1. The van der Waals surface area contributed by atoms with E-state index in [0.717, 1.165) is 18.4 Å². The van der Waals surface area contributed by atoms with Crippen LogP contribution in [0.25, 0.3) is 0 Å². The number of hydrogen-bond acceptors (Lipinski definition) is 1. The van der Waals surface area contributed by atoms with E-state index in [2.05, 4.69) is 19.9 Å². The van der Waals surface area contributed by atoms with Gasteiger partial charge in [-0.3, -0.25) is 0 Å². The van der Waals surface area contributed by atoms with Gasteiger partial charge in [-0.1, -0.05) is 32.0 Å². The topological polar surface area (TPSA) is 23.9 Å². The Bertz CT molecular complexity index is 276. The van der Waals surface area contributed by atoms with Crippen molar-refractivity contribution < 1.29 is 0 Å². The first-order valence-corrected chi connectivity index (χ1v) is 4.44. The van der Waals surface area contributed by atoms with Crippen LogP contribution in [0.4, 0.5) is 0 Å². The highest BCUT2D eigenvalue weighted by molar-refractivity contribution is 5.79. The molecule has 0 aliphatic rings. The molecule has 0 aromatic heterocycles. The molecule has 0 aliphatic carbocycles. The van der Waals surface area contributed by atoms with E-state index in [1.807, 2.05) is 12.1 Å². The standard InChI is InChI=1S/C11H15N/c1-3-9-6-5-7-10(8-12)11(9)4-2/h5-8,12H,3-4H2,1-2H3. The first-order valence-electron chi connectivity index (χ1n) is 4.44. The highest BCUT2D eigenvalue weighted by Crippen LogP contribution is 2.14. The molecule has 64 valence electrons. The Labute approximate surface area is 73.9 Å². The molecule has 0 bridgehead atoms. The monoisotopic (exact) mass is 161 g/mol. The summed E-state index contributed by atoms with van der Waals surface area (Å²) in [6.07, 6.45) is 3.53. The van der Waals surface area contributed by atoms with Crippen molar-refractivity contribution in [3.63, 3.8) is 0 Å². The van der Waals surface area contributed by atoms with Crippen molar-refractivity contribution in [2.75, 3.05) is 0 Å². The maximum absolute atomic E-state index is 7.23. The maximum Gasteiger partial charge on any atom is 0.0253 e. The Morgan fingerprint density at radius 2 is 2.00 bits per heavy atom. The van der Waals surface area contributed by atoms with Gasteiger partial charge in [0.05, 0.1) is 0 Å². The molecule has 0 fully saturated rings. The van der Waals surface area contributed by atoms with Crippen molar-refractivity contribution in [3.8, 4) is 0 Å². The van der Waals surface area contributed by atoms with Crippen LogP contribution in [0.15, 0.2) is 18.2 Å². The van der Waals surface area contributed by atoms with Crippen LogP contribution in [-0.2, 0) is 12.8 Å². The number of aryl methyl sites for hydroxylation is 1. The minimum atomic E-state index is 1.02. The summed E-state index contributed by atoms with van der Waals surface area (Å²) in [5.41, 5.74) is 3.77. The molecule has 0 aliphatic heterocycles. The fourth-order valence-corrected chi connectivity index (χ4v) is 1.55. The third kappa shape index (κ3) is 1.55. The van der Waals surface area contributed by atoms with Crippen LogP contribution in [0.1, 0.15) is 30.5 Å². The van der Waals surface area contributed by atoms with E-state index < -0.39 is 0 Å². The van der Waals surface area contributed by atoms with E-state index in [4.69, 9.17) is 5.41 Å². The second-order valence-electron chi connectivity index (χ2n) is 2.84. The quantitative estimate of drug-likeness (QED) is 0.659. The number of nitrogens with one attached hydrogen (secondary N) is 1. The molecule has 0 atom stereocenters. The molecule has 0 saturated carbocycles. The summed E-state index contributed by atoms with van der Waals surface area (Å²) in [6, 6.07) is 6.18. The maximum atomic E-state index is 7.23. The summed E-state index contributed by atoms with van der Waals surface area (Å²) in [4.78, 5) is 0. The van der Waals surface area contributed by atoms with Gasteiger partial charge in [0.15, 0.2) is 0 Å². The van der Waals surface area contributed by atoms with E-state index in [1.165, 1.54) is 17.3 Å². The Morgan fingerprint density at radius 3 is 2.50 bits per heavy atom. The molecule has 0 unspecified atom stereocenters.